The number of rotatable bonds is 10. The summed E-state index contributed by atoms with van der Waals surface area (Å²) in [6.07, 6.45) is 14.1. The van der Waals surface area contributed by atoms with E-state index in [1.807, 2.05) is 97.1 Å². The van der Waals surface area contributed by atoms with Crippen LogP contribution in [0.2, 0.25) is 0 Å². The average molecular weight is 919 g/mol. The van der Waals surface area contributed by atoms with E-state index in [0.29, 0.717) is 34.8 Å². The monoisotopic (exact) mass is 918 g/mol. The normalized spacial score (nSPS) is 20.6. The van der Waals surface area contributed by atoms with Gasteiger partial charge in [-0.25, -0.2) is 9.59 Å². The maximum Gasteiger partial charge on any atom is 0.336 e. The van der Waals surface area contributed by atoms with Crippen molar-refractivity contribution in [2.75, 3.05) is 6.79 Å². The van der Waals surface area contributed by atoms with Gasteiger partial charge in [-0.2, -0.15) is 0 Å². The Hall–Kier alpha value is -7.32. The fourth-order valence-electron chi connectivity index (χ4n) is 10.1. The molecule has 2 saturated carbocycles. The van der Waals surface area contributed by atoms with Crippen LogP contribution in [0.25, 0.3) is 57.0 Å². The first-order valence-electron chi connectivity index (χ1n) is 24.2. The van der Waals surface area contributed by atoms with Crippen molar-refractivity contribution in [1.82, 2.24) is 0 Å². The van der Waals surface area contributed by atoms with Crippen molar-refractivity contribution in [3.05, 3.63) is 155 Å². The van der Waals surface area contributed by atoms with E-state index in [4.69, 9.17) is 18.9 Å². The predicted octanol–water partition coefficient (Wildman–Crippen LogP) is 13.9. The summed E-state index contributed by atoms with van der Waals surface area (Å²) in [6, 6.07) is 34.4. The van der Waals surface area contributed by atoms with E-state index < -0.39 is 11.9 Å². The highest BCUT2D eigenvalue weighted by Crippen LogP contribution is 2.47. The first kappa shape index (κ1) is 46.8. The Bertz CT molecular complexity index is 2880. The van der Waals surface area contributed by atoms with Gasteiger partial charge in [0.05, 0.1) is 0 Å². The Balaban J connectivity index is 0.876. The molecule has 9 rings (SSSR count). The Morgan fingerprint density at radius 1 is 0.522 bits per heavy atom. The predicted molar refractivity (Wildman–Crippen MR) is 275 cm³/mol. The highest BCUT2D eigenvalue weighted by molar-refractivity contribution is 6.11. The number of allylic oxidation sites excluding steroid dienone is 2. The van der Waals surface area contributed by atoms with Crippen LogP contribution in [0.3, 0.4) is 0 Å². The second-order valence-electron chi connectivity index (χ2n) is 19.5. The van der Waals surface area contributed by atoms with Crippen molar-refractivity contribution in [3.63, 3.8) is 0 Å². The lowest BCUT2D eigenvalue weighted by molar-refractivity contribution is -0.129. The van der Waals surface area contributed by atoms with E-state index in [-0.39, 0.29) is 42.0 Å². The summed E-state index contributed by atoms with van der Waals surface area (Å²) < 4.78 is 23.5. The second-order valence-corrected chi connectivity index (χ2v) is 19.5. The number of hydrogen-bond donors (Lipinski definition) is 0. The Morgan fingerprint density at radius 3 is 1.30 bits per heavy atom. The van der Waals surface area contributed by atoms with Gasteiger partial charge in [0.15, 0.2) is 11.6 Å². The van der Waals surface area contributed by atoms with Gasteiger partial charge in [-0.05, 0) is 177 Å². The topological polar surface area (TPSA) is 105 Å². The summed E-state index contributed by atoms with van der Waals surface area (Å²) in [5.41, 5.74) is 6.99. The SMILES string of the molecule is CC(C)[C@@H]1CC[C@@H](C)C(=Cc2ccc(OC(=O)C=Cc3ccc4c5c(ccc4c3)OCOc3ccc4cc(C=CC(=O)Oc6ccc(C=C7C(=O)[C@H](C(C)C)CC[C@H]7C)cc6)ccc4c3-5)cc2)C1=O. The van der Waals surface area contributed by atoms with E-state index in [0.717, 1.165) is 91.8 Å². The summed E-state index contributed by atoms with van der Waals surface area (Å²) in [7, 11) is 0. The molecule has 0 amide bonds. The molecule has 350 valence electrons. The summed E-state index contributed by atoms with van der Waals surface area (Å²) >= 11 is 0. The largest absolute Gasteiger partial charge is 0.457 e. The van der Waals surface area contributed by atoms with Crippen molar-refractivity contribution in [2.24, 2.45) is 35.5 Å². The number of hydrogen-bond acceptors (Lipinski definition) is 8. The van der Waals surface area contributed by atoms with E-state index >= 15 is 0 Å². The number of ketones is 2. The van der Waals surface area contributed by atoms with Gasteiger partial charge in [-0.15, -0.1) is 0 Å². The van der Waals surface area contributed by atoms with Gasteiger partial charge in [0.1, 0.15) is 23.0 Å². The number of carbonyl (C=O) groups is 4. The maximum absolute atomic E-state index is 13.2. The summed E-state index contributed by atoms with van der Waals surface area (Å²) in [5, 5.41) is 3.82. The van der Waals surface area contributed by atoms with Crippen LogP contribution >= 0.6 is 0 Å². The van der Waals surface area contributed by atoms with Crippen LogP contribution in [0.4, 0.5) is 0 Å². The molecule has 0 aromatic heterocycles. The fraction of sp³-hybridized carbons (Fsp3) is 0.279. The van der Waals surface area contributed by atoms with Crippen LogP contribution in [-0.2, 0) is 19.2 Å². The zero-order valence-electron chi connectivity index (χ0n) is 40.1. The molecule has 6 aromatic rings. The van der Waals surface area contributed by atoms with Crippen LogP contribution in [-0.4, -0.2) is 30.3 Å². The van der Waals surface area contributed by atoms with Crippen LogP contribution in [0, 0.1) is 35.5 Å². The van der Waals surface area contributed by atoms with Gasteiger partial charge in [0.2, 0.25) is 6.79 Å². The van der Waals surface area contributed by atoms with Crippen molar-refractivity contribution >= 4 is 69.4 Å². The average Bonchev–Trinajstić information content (AvgIpc) is 3.53. The van der Waals surface area contributed by atoms with Crippen LogP contribution in [0.1, 0.15) is 89.5 Å². The number of ether oxygens (including phenoxy) is 4. The smallest absolute Gasteiger partial charge is 0.336 e. The Kier molecular flexibility index (Phi) is 13.6. The van der Waals surface area contributed by atoms with Gasteiger partial charge in [0, 0.05) is 35.1 Å². The molecule has 1 aliphatic heterocycles. The minimum atomic E-state index is -0.501. The van der Waals surface area contributed by atoms with Gasteiger partial charge in [-0.3, -0.25) is 9.59 Å². The van der Waals surface area contributed by atoms with Gasteiger partial charge < -0.3 is 18.9 Å². The highest BCUT2D eigenvalue weighted by atomic mass is 16.7. The molecule has 8 heteroatoms. The van der Waals surface area contributed by atoms with E-state index in [9.17, 15) is 19.2 Å². The Morgan fingerprint density at radius 2 is 0.913 bits per heavy atom. The lowest BCUT2D eigenvalue weighted by atomic mass is 9.73. The first-order valence-corrected chi connectivity index (χ1v) is 24.2. The maximum atomic E-state index is 13.2. The van der Waals surface area contributed by atoms with Crippen molar-refractivity contribution in [3.8, 4) is 34.1 Å². The fourth-order valence-corrected chi connectivity index (χ4v) is 10.1. The summed E-state index contributed by atoms with van der Waals surface area (Å²) in [4.78, 5) is 52.3. The van der Waals surface area contributed by atoms with Crippen molar-refractivity contribution in [2.45, 2.75) is 67.2 Å². The number of benzene rings is 6. The van der Waals surface area contributed by atoms with Gasteiger partial charge in [-0.1, -0.05) is 102 Å². The molecule has 0 saturated heterocycles. The van der Waals surface area contributed by atoms with E-state index in [1.54, 1.807) is 36.4 Å². The third-order valence-corrected chi connectivity index (χ3v) is 14.1. The number of esters is 2. The molecule has 1 heterocycles. The second kappa shape index (κ2) is 20.1. The molecule has 6 aromatic carbocycles. The molecule has 8 nitrogen and oxygen atoms in total. The van der Waals surface area contributed by atoms with E-state index in [2.05, 4.69) is 41.5 Å². The molecule has 69 heavy (non-hydrogen) atoms. The van der Waals surface area contributed by atoms with Crippen LogP contribution in [0.15, 0.2) is 132 Å². The third kappa shape index (κ3) is 10.3. The lowest BCUT2D eigenvalue weighted by Gasteiger charge is -2.30. The Labute approximate surface area is 404 Å². The first-order chi connectivity index (χ1) is 33.3. The number of fused-ring (bicyclic) bond motifs is 7. The summed E-state index contributed by atoms with van der Waals surface area (Å²) in [5.74, 6) is 2.90. The number of Topliss-reactive ketones (excluding diaryl/α,β-unsaturated/α-hetero) is 2. The van der Waals surface area contributed by atoms with Crippen molar-refractivity contribution in [1.29, 1.82) is 0 Å². The summed E-state index contributed by atoms with van der Waals surface area (Å²) in [6.45, 7) is 12.7. The molecule has 0 N–H and O–H groups in total. The number of carbonyl (C=O) groups excluding carboxylic acids is 4. The molecule has 0 radical (unpaired) electrons. The molecule has 2 aliphatic carbocycles. The highest BCUT2D eigenvalue weighted by Gasteiger charge is 2.34. The quantitative estimate of drug-likeness (QED) is 0.0760. The van der Waals surface area contributed by atoms with Crippen LogP contribution < -0.4 is 18.9 Å². The van der Waals surface area contributed by atoms with Crippen LogP contribution in [0.5, 0.6) is 23.0 Å². The molecular formula is C61H58O8. The minimum Gasteiger partial charge on any atom is -0.457 e. The van der Waals surface area contributed by atoms with Crippen molar-refractivity contribution < 1.29 is 38.1 Å². The third-order valence-electron chi connectivity index (χ3n) is 14.1. The molecule has 4 atom stereocenters. The molecule has 0 spiro atoms. The lowest BCUT2D eigenvalue weighted by Crippen LogP contribution is -2.30. The zero-order chi connectivity index (χ0) is 48.3. The van der Waals surface area contributed by atoms with Gasteiger partial charge >= 0.3 is 11.9 Å². The molecule has 3 aliphatic rings. The molecule has 0 unspecified atom stereocenters. The standard InChI is InChI=1S/C61H58O8/c1-36(2)48-23-7-38(5)52(60(48)64)33-42-9-19-46(20-10-42)68-56(62)29-15-40-13-25-50-44(31-40)17-27-54-58(50)59-51-26-14-41(32-45(51)18-28-55(59)67-35-66-54)16-30-57(63)69-47-21-11-43(12-22-47)34-53-39(6)8-24-49(37(3)4)61(53)65/h9-22,25-34,36-39,48-49H,7-8,23-24,35H2,1-6H3/t38-,39-,48+,49+/m1/s1. The molecule has 0 bridgehead atoms. The molecule has 2 fully saturated rings. The minimum absolute atomic E-state index is 0.0546. The molecular weight excluding hydrogens is 861 g/mol. The van der Waals surface area contributed by atoms with E-state index in [1.165, 1.54) is 12.2 Å². The zero-order valence-corrected chi connectivity index (χ0v) is 40.1. The van der Waals surface area contributed by atoms with Gasteiger partial charge in [0.25, 0.3) is 0 Å².